The average molecular weight is 269 g/mol. The summed E-state index contributed by atoms with van der Waals surface area (Å²) in [6, 6.07) is 5.75. The molecule has 1 aromatic heterocycles. The van der Waals surface area contributed by atoms with E-state index in [9.17, 15) is 0 Å². The first-order chi connectivity index (χ1) is 8.25. The maximum absolute atomic E-state index is 6.18. The van der Waals surface area contributed by atoms with Gasteiger partial charge in [-0.1, -0.05) is 28.4 Å². The summed E-state index contributed by atoms with van der Waals surface area (Å²) in [4.78, 5) is 0. The lowest BCUT2D eigenvalue weighted by Gasteiger charge is -2.28. The van der Waals surface area contributed by atoms with E-state index in [0.29, 0.717) is 16.1 Å². The average Bonchev–Trinajstić information content (AvgIpc) is 2.68. The van der Waals surface area contributed by atoms with Crippen molar-refractivity contribution in [1.82, 2.24) is 20.3 Å². The Labute approximate surface area is 109 Å². The number of hydrogen-bond donors (Lipinski definition) is 1. The van der Waals surface area contributed by atoms with Gasteiger partial charge >= 0.3 is 0 Å². The maximum Gasteiger partial charge on any atom is 0.0905 e. The monoisotopic (exact) mass is 268 g/mol. The van der Waals surface area contributed by atoms with Crippen LogP contribution in [-0.4, -0.2) is 28.1 Å². The van der Waals surface area contributed by atoms with Gasteiger partial charge in [-0.25, -0.2) is 4.68 Å². The molecule has 0 radical (unpaired) electrons. The van der Waals surface area contributed by atoms with E-state index >= 15 is 0 Å². The van der Waals surface area contributed by atoms with E-state index in [1.54, 1.807) is 18.3 Å². The summed E-state index contributed by atoms with van der Waals surface area (Å²) in [5, 5.41) is 12.6. The zero-order valence-electron chi connectivity index (χ0n) is 8.90. The van der Waals surface area contributed by atoms with Gasteiger partial charge in [-0.3, -0.25) is 0 Å². The van der Waals surface area contributed by atoms with Crippen LogP contribution in [-0.2, 0) is 0 Å². The fourth-order valence-electron chi connectivity index (χ4n) is 1.85. The Bertz CT molecular complexity index is 548. The summed E-state index contributed by atoms with van der Waals surface area (Å²) in [5.74, 6) is 0. The minimum absolute atomic E-state index is 0.350. The first-order valence-corrected chi connectivity index (χ1v) is 6.07. The Kier molecular flexibility index (Phi) is 2.78. The lowest BCUT2D eigenvalue weighted by molar-refractivity contribution is 0.315. The van der Waals surface area contributed by atoms with Crippen LogP contribution < -0.4 is 5.32 Å². The van der Waals surface area contributed by atoms with E-state index in [0.717, 1.165) is 24.3 Å². The van der Waals surface area contributed by atoms with E-state index in [-0.39, 0.29) is 0 Å². The number of hydrogen-bond acceptors (Lipinski definition) is 3. The molecule has 0 atom stereocenters. The highest BCUT2D eigenvalue weighted by atomic mass is 35.5. The lowest BCUT2D eigenvalue weighted by Crippen LogP contribution is -2.44. The molecule has 1 aliphatic heterocycles. The van der Waals surface area contributed by atoms with Gasteiger partial charge in [-0.15, -0.1) is 5.10 Å². The molecule has 0 spiro atoms. The second-order valence-corrected chi connectivity index (χ2v) is 4.84. The second-order valence-electron chi connectivity index (χ2n) is 4.00. The summed E-state index contributed by atoms with van der Waals surface area (Å²) in [6.07, 6.45) is 1.72. The molecular weight excluding hydrogens is 259 g/mol. The predicted molar refractivity (Wildman–Crippen MR) is 67.4 cm³/mol. The van der Waals surface area contributed by atoms with Gasteiger partial charge in [0.05, 0.1) is 23.0 Å². The molecule has 0 amide bonds. The van der Waals surface area contributed by atoms with Crippen LogP contribution in [0, 0.1) is 0 Å². The number of rotatable bonds is 2. The van der Waals surface area contributed by atoms with Gasteiger partial charge in [0.15, 0.2) is 0 Å². The van der Waals surface area contributed by atoms with E-state index < -0.39 is 0 Å². The van der Waals surface area contributed by atoms with Crippen LogP contribution in [0.25, 0.3) is 11.3 Å². The van der Waals surface area contributed by atoms with Gasteiger partial charge in [0, 0.05) is 23.7 Å². The highest BCUT2D eigenvalue weighted by Gasteiger charge is 2.23. The Morgan fingerprint density at radius 2 is 2.12 bits per heavy atom. The van der Waals surface area contributed by atoms with Gasteiger partial charge in [0.1, 0.15) is 0 Å². The largest absolute Gasteiger partial charge is 0.312 e. The Morgan fingerprint density at radius 3 is 2.82 bits per heavy atom. The standard InChI is InChI=1S/C11H10Cl2N4/c12-7-1-2-10(13)9(3-7)11-6-15-16-17(11)8-4-14-5-8/h1-3,6,8,14H,4-5H2. The fourth-order valence-corrected chi connectivity index (χ4v) is 2.23. The van der Waals surface area contributed by atoms with Crippen molar-refractivity contribution in [3.05, 3.63) is 34.4 Å². The molecule has 4 nitrogen and oxygen atoms in total. The minimum Gasteiger partial charge on any atom is -0.312 e. The van der Waals surface area contributed by atoms with Crippen molar-refractivity contribution >= 4 is 23.2 Å². The minimum atomic E-state index is 0.350. The fraction of sp³-hybridized carbons (Fsp3) is 0.273. The van der Waals surface area contributed by atoms with Crippen molar-refractivity contribution in [3.8, 4) is 11.3 Å². The highest BCUT2D eigenvalue weighted by molar-refractivity contribution is 6.35. The number of halogens is 2. The third-order valence-electron chi connectivity index (χ3n) is 2.88. The van der Waals surface area contributed by atoms with Crippen molar-refractivity contribution < 1.29 is 0 Å². The topological polar surface area (TPSA) is 42.7 Å². The second kappa shape index (κ2) is 4.29. The van der Waals surface area contributed by atoms with E-state index in [2.05, 4.69) is 15.6 Å². The molecule has 0 unspecified atom stereocenters. The number of nitrogens with zero attached hydrogens (tertiary/aromatic N) is 3. The summed E-state index contributed by atoms with van der Waals surface area (Å²) in [6.45, 7) is 1.82. The van der Waals surface area contributed by atoms with Crippen molar-refractivity contribution in [1.29, 1.82) is 0 Å². The van der Waals surface area contributed by atoms with Crippen LogP contribution in [0.5, 0.6) is 0 Å². The first kappa shape index (κ1) is 11.0. The molecule has 3 rings (SSSR count). The zero-order valence-corrected chi connectivity index (χ0v) is 10.4. The molecule has 1 N–H and O–H groups in total. The number of benzene rings is 1. The van der Waals surface area contributed by atoms with Gasteiger partial charge in [-0.2, -0.15) is 0 Å². The molecule has 88 valence electrons. The number of aromatic nitrogens is 3. The molecular formula is C11H10Cl2N4. The Balaban J connectivity index is 2.08. The third-order valence-corrected chi connectivity index (χ3v) is 3.45. The quantitative estimate of drug-likeness (QED) is 0.910. The molecule has 0 saturated carbocycles. The molecule has 1 fully saturated rings. The summed E-state index contributed by atoms with van der Waals surface area (Å²) in [5.41, 5.74) is 1.78. The summed E-state index contributed by atoms with van der Waals surface area (Å²) >= 11 is 12.2. The van der Waals surface area contributed by atoms with E-state index in [4.69, 9.17) is 23.2 Å². The van der Waals surface area contributed by atoms with E-state index in [1.807, 2.05) is 10.7 Å². The van der Waals surface area contributed by atoms with Crippen LogP contribution in [0.1, 0.15) is 6.04 Å². The normalized spacial score (nSPS) is 15.9. The summed E-state index contributed by atoms with van der Waals surface area (Å²) < 4.78 is 1.90. The van der Waals surface area contributed by atoms with Gasteiger partial charge in [0.25, 0.3) is 0 Å². The molecule has 1 saturated heterocycles. The highest BCUT2D eigenvalue weighted by Crippen LogP contribution is 2.31. The smallest absolute Gasteiger partial charge is 0.0905 e. The Hall–Kier alpha value is -1.10. The molecule has 17 heavy (non-hydrogen) atoms. The molecule has 2 aromatic rings. The Morgan fingerprint density at radius 1 is 1.29 bits per heavy atom. The molecule has 1 aromatic carbocycles. The molecule has 6 heteroatoms. The van der Waals surface area contributed by atoms with Gasteiger partial charge < -0.3 is 5.32 Å². The van der Waals surface area contributed by atoms with Crippen molar-refractivity contribution in [2.45, 2.75) is 6.04 Å². The van der Waals surface area contributed by atoms with Crippen molar-refractivity contribution in [2.75, 3.05) is 13.1 Å². The van der Waals surface area contributed by atoms with Gasteiger partial charge in [-0.05, 0) is 18.2 Å². The number of nitrogens with one attached hydrogen (secondary N) is 1. The lowest BCUT2D eigenvalue weighted by atomic mass is 10.1. The van der Waals surface area contributed by atoms with Crippen LogP contribution in [0.4, 0.5) is 0 Å². The predicted octanol–water partition coefficient (Wildman–Crippen LogP) is 2.40. The third kappa shape index (κ3) is 1.92. The van der Waals surface area contributed by atoms with Crippen LogP contribution >= 0.6 is 23.2 Å². The van der Waals surface area contributed by atoms with Crippen LogP contribution in [0.15, 0.2) is 24.4 Å². The van der Waals surface area contributed by atoms with Crippen LogP contribution in [0.3, 0.4) is 0 Å². The van der Waals surface area contributed by atoms with E-state index in [1.165, 1.54) is 0 Å². The summed E-state index contributed by atoms with van der Waals surface area (Å²) in [7, 11) is 0. The first-order valence-electron chi connectivity index (χ1n) is 5.32. The van der Waals surface area contributed by atoms with Gasteiger partial charge in [0.2, 0.25) is 0 Å². The molecule has 0 bridgehead atoms. The zero-order chi connectivity index (χ0) is 11.8. The van der Waals surface area contributed by atoms with Crippen LogP contribution in [0.2, 0.25) is 10.0 Å². The molecule has 1 aliphatic rings. The SMILES string of the molecule is Clc1ccc(Cl)c(-c2cnnn2C2CNC2)c1. The maximum atomic E-state index is 6.18. The molecule has 2 heterocycles. The molecule has 0 aliphatic carbocycles. The van der Waals surface area contributed by atoms with Crippen molar-refractivity contribution in [3.63, 3.8) is 0 Å². The van der Waals surface area contributed by atoms with Crippen molar-refractivity contribution in [2.24, 2.45) is 0 Å².